The summed E-state index contributed by atoms with van der Waals surface area (Å²) in [5.41, 5.74) is 2.75. The van der Waals surface area contributed by atoms with Gasteiger partial charge < -0.3 is 10.2 Å². The highest BCUT2D eigenvalue weighted by Gasteiger charge is 2.39. The molecule has 0 aromatic heterocycles. The second-order valence-corrected chi connectivity index (χ2v) is 8.58. The average Bonchev–Trinajstić information content (AvgIpc) is 3.22. The number of hydrogen-bond donors (Lipinski definition) is 1. The number of likely N-dealkylation sites (N-methyl/N-ethyl adjacent to an activating group) is 1. The molecule has 3 rings (SSSR count). The fraction of sp³-hybridized carbons (Fsp3) is 0.500. The Hall–Kier alpha value is -2.50. The van der Waals surface area contributed by atoms with Gasteiger partial charge in [0.2, 0.25) is 5.91 Å². The molecule has 1 heterocycles. The summed E-state index contributed by atoms with van der Waals surface area (Å²) >= 11 is 0. The first kappa shape index (κ1) is 22.2. The SMILES string of the molecule is C=C1NC=NCC(C)N(C)C(=O)C(CC2(c3cccc(C(F)F)c3)CCCC2)=C1C. The number of alkyl halides is 2. The van der Waals surface area contributed by atoms with Gasteiger partial charge in [-0.25, -0.2) is 8.78 Å². The predicted octanol–water partition coefficient (Wildman–Crippen LogP) is 5.13. The van der Waals surface area contributed by atoms with Crippen molar-refractivity contribution in [1.82, 2.24) is 10.2 Å². The molecule has 1 N–H and O–H groups in total. The number of hydrogen-bond acceptors (Lipinski definition) is 3. The number of rotatable bonds is 4. The molecule has 1 amide bonds. The lowest BCUT2D eigenvalue weighted by Crippen LogP contribution is -2.40. The van der Waals surface area contributed by atoms with E-state index in [4.69, 9.17) is 0 Å². The highest BCUT2D eigenvalue weighted by molar-refractivity contribution is 5.95. The minimum absolute atomic E-state index is 0.0368. The van der Waals surface area contributed by atoms with E-state index >= 15 is 0 Å². The van der Waals surface area contributed by atoms with Crippen LogP contribution in [0.3, 0.4) is 0 Å². The predicted molar refractivity (Wildman–Crippen MR) is 117 cm³/mol. The van der Waals surface area contributed by atoms with Crippen molar-refractivity contribution in [3.8, 4) is 0 Å². The summed E-state index contributed by atoms with van der Waals surface area (Å²) in [6, 6.07) is 6.69. The van der Waals surface area contributed by atoms with Crippen molar-refractivity contribution in [1.29, 1.82) is 0 Å². The van der Waals surface area contributed by atoms with Crippen LogP contribution in [0.5, 0.6) is 0 Å². The first-order chi connectivity index (χ1) is 14.2. The maximum Gasteiger partial charge on any atom is 0.263 e. The smallest absolute Gasteiger partial charge is 0.263 e. The van der Waals surface area contributed by atoms with Crippen molar-refractivity contribution in [3.63, 3.8) is 0 Å². The van der Waals surface area contributed by atoms with Crippen molar-refractivity contribution in [2.45, 2.75) is 63.8 Å². The van der Waals surface area contributed by atoms with E-state index in [1.807, 2.05) is 19.9 Å². The van der Waals surface area contributed by atoms with Gasteiger partial charge in [-0.15, -0.1) is 0 Å². The van der Waals surface area contributed by atoms with Crippen LogP contribution in [0.4, 0.5) is 8.78 Å². The summed E-state index contributed by atoms with van der Waals surface area (Å²) in [7, 11) is 1.80. The first-order valence-electron chi connectivity index (χ1n) is 10.5. The first-order valence-corrected chi connectivity index (χ1v) is 10.5. The number of nitrogens with zero attached hydrogens (tertiary/aromatic N) is 2. The molecule has 1 atom stereocenters. The molecule has 1 fully saturated rings. The molecular formula is C24H31F2N3O. The minimum atomic E-state index is -2.50. The van der Waals surface area contributed by atoms with Crippen molar-refractivity contribution < 1.29 is 13.6 Å². The number of allylic oxidation sites excluding steroid dienone is 1. The van der Waals surface area contributed by atoms with E-state index in [0.717, 1.165) is 36.8 Å². The quantitative estimate of drug-likeness (QED) is 0.741. The third-order valence-electron chi connectivity index (χ3n) is 6.67. The lowest BCUT2D eigenvalue weighted by Gasteiger charge is -2.34. The standard InChI is InChI=1S/C24H31F2N3O/c1-16-14-27-15-28-18(3)17(2)21(23(30)29(16)4)13-24(10-5-6-11-24)20-9-7-8-19(12-20)22(25)26/h7-9,12,15-16,22H,3,5-6,10-11,13-14H2,1-2,4H3,(H,27,28). The molecule has 6 heteroatoms. The van der Waals surface area contributed by atoms with E-state index in [-0.39, 0.29) is 22.9 Å². The molecule has 1 aliphatic carbocycles. The maximum atomic E-state index is 13.5. The Balaban J connectivity index is 2.06. The van der Waals surface area contributed by atoms with Gasteiger partial charge in [0.25, 0.3) is 6.43 Å². The Morgan fingerprint density at radius 2 is 2.03 bits per heavy atom. The number of halogens is 2. The molecule has 162 valence electrons. The molecule has 1 saturated carbocycles. The van der Waals surface area contributed by atoms with E-state index in [0.29, 0.717) is 24.2 Å². The summed E-state index contributed by atoms with van der Waals surface area (Å²) in [5.74, 6) is -0.0451. The molecule has 1 aromatic carbocycles. The van der Waals surface area contributed by atoms with Crippen LogP contribution in [-0.2, 0) is 10.2 Å². The molecule has 1 aromatic rings. The fourth-order valence-electron chi connectivity index (χ4n) is 4.49. The van der Waals surface area contributed by atoms with Gasteiger partial charge in [-0.05, 0) is 55.7 Å². The highest BCUT2D eigenvalue weighted by Crippen LogP contribution is 2.47. The molecule has 0 radical (unpaired) electrons. The summed E-state index contributed by atoms with van der Waals surface area (Å²) in [5, 5.41) is 3.08. The lowest BCUT2D eigenvalue weighted by atomic mass is 9.72. The molecule has 0 bridgehead atoms. The zero-order chi connectivity index (χ0) is 21.9. The van der Waals surface area contributed by atoms with Crippen molar-refractivity contribution in [3.05, 3.63) is 58.8 Å². The van der Waals surface area contributed by atoms with Crippen molar-refractivity contribution in [2.24, 2.45) is 4.99 Å². The lowest BCUT2D eigenvalue weighted by molar-refractivity contribution is -0.127. The van der Waals surface area contributed by atoms with E-state index in [1.54, 1.807) is 30.4 Å². The van der Waals surface area contributed by atoms with Gasteiger partial charge >= 0.3 is 0 Å². The van der Waals surface area contributed by atoms with Gasteiger partial charge in [0.15, 0.2) is 0 Å². The number of carbonyl (C=O) groups excluding carboxylic acids is 1. The highest BCUT2D eigenvalue weighted by atomic mass is 19.3. The summed E-state index contributed by atoms with van der Waals surface area (Å²) < 4.78 is 26.7. The fourth-order valence-corrected chi connectivity index (χ4v) is 4.49. The Morgan fingerprint density at radius 1 is 1.33 bits per heavy atom. The number of aliphatic imine (C=N–C) groups is 1. The second kappa shape index (κ2) is 9.11. The van der Waals surface area contributed by atoms with Crippen LogP contribution < -0.4 is 5.32 Å². The van der Waals surface area contributed by atoms with E-state index < -0.39 is 6.43 Å². The molecule has 0 saturated heterocycles. The average molecular weight is 416 g/mol. The van der Waals surface area contributed by atoms with Gasteiger partial charge in [-0.1, -0.05) is 37.6 Å². The van der Waals surface area contributed by atoms with E-state index in [2.05, 4.69) is 16.9 Å². The normalized spacial score (nSPS) is 22.6. The molecule has 30 heavy (non-hydrogen) atoms. The summed E-state index contributed by atoms with van der Waals surface area (Å²) in [6.45, 7) is 8.44. The maximum absolute atomic E-state index is 13.5. The van der Waals surface area contributed by atoms with Crippen LogP contribution in [-0.4, -0.2) is 36.8 Å². The number of carbonyl (C=O) groups is 1. The second-order valence-electron chi connectivity index (χ2n) is 8.58. The van der Waals surface area contributed by atoms with E-state index in [1.165, 1.54) is 6.07 Å². The van der Waals surface area contributed by atoms with Crippen LogP contribution in [0.1, 0.15) is 63.5 Å². The van der Waals surface area contributed by atoms with Crippen LogP contribution in [0.2, 0.25) is 0 Å². The molecule has 1 unspecified atom stereocenters. The molecular weight excluding hydrogens is 384 g/mol. The van der Waals surface area contributed by atoms with Crippen LogP contribution in [0.15, 0.2) is 52.7 Å². The van der Waals surface area contributed by atoms with Gasteiger partial charge in [0.1, 0.15) is 0 Å². The van der Waals surface area contributed by atoms with Crippen molar-refractivity contribution >= 4 is 12.2 Å². The van der Waals surface area contributed by atoms with E-state index in [9.17, 15) is 13.6 Å². The molecule has 0 spiro atoms. The Morgan fingerprint density at radius 3 is 2.70 bits per heavy atom. The van der Waals surface area contributed by atoms with Gasteiger partial charge in [-0.2, -0.15) is 0 Å². The zero-order valence-corrected chi connectivity index (χ0v) is 18.0. The number of benzene rings is 1. The Labute approximate surface area is 177 Å². The van der Waals surface area contributed by atoms with Gasteiger partial charge in [0, 0.05) is 29.9 Å². The molecule has 4 nitrogen and oxygen atoms in total. The molecule has 2 aliphatic rings. The third-order valence-corrected chi connectivity index (χ3v) is 6.67. The Bertz CT molecular complexity index is 869. The topological polar surface area (TPSA) is 44.7 Å². The largest absolute Gasteiger partial charge is 0.347 e. The van der Waals surface area contributed by atoms with Crippen LogP contribution in [0, 0.1) is 0 Å². The van der Waals surface area contributed by atoms with Gasteiger partial charge in [-0.3, -0.25) is 9.79 Å². The monoisotopic (exact) mass is 415 g/mol. The van der Waals surface area contributed by atoms with Crippen molar-refractivity contribution in [2.75, 3.05) is 13.6 Å². The van der Waals surface area contributed by atoms with Gasteiger partial charge in [0.05, 0.1) is 12.9 Å². The third kappa shape index (κ3) is 4.47. The van der Waals surface area contributed by atoms with Crippen LogP contribution >= 0.6 is 0 Å². The number of amides is 1. The Kier molecular flexibility index (Phi) is 6.74. The van der Waals surface area contributed by atoms with Crippen LogP contribution in [0.25, 0.3) is 0 Å². The summed E-state index contributed by atoms with van der Waals surface area (Å²) in [6.07, 6.45) is 3.44. The number of nitrogens with one attached hydrogen (secondary N) is 1. The minimum Gasteiger partial charge on any atom is -0.347 e. The summed E-state index contributed by atoms with van der Waals surface area (Å²) in [4.78, 5) is 19.5. The molecule has 1 aliphatic heterocycles. The zero-order valence-electron chi connectivity index (χ0n) is 18.0.